The average molecular weight is 224 g/mol. The highest BCUT2D eigenvalue weighted by Crippen LogP contribution is 2.31. The Morgan fingerprint density at radius 2 is 2.44 bits per heavy atom. The lowest BCUT2D eigenvalue weighted by Crippen LogP contribution is -2.31. The molecule has 2 rings (SSSR count). The van der Waals surface area contributed by atoms with Gasteiger partial charge in [-0.2, -0.15) is 0 Å². The molecule has 1 aliphatic rings. The van der Waals surface area contributed by atoms with Crippen LogP contribution in [-0.4, -0.2) is 34.6 Å². The third-order valence-corrected chi connectivity index (χ3v) is 3.05. The number of anilines is 1. The lowest BCUT2D eigenvalue weighted by molar-refractivity contribution is 0.0595. The molecule has 2 unspecified atom stereocenters. The lowest BCUT2D eigenvalue weighted by Gasteiger charge is -2.30. The molecule has 6 heteroatoms. The van der Waals surface area contributed by atoms with Crippen LogP contribution in [0.4, 0.5) is 5.82 Å². The molecule has 0 amide bonds. The molecule has 16 heavy (non-hydrogen) atoms. The van der Waals surface area contributed by atoms with Gasteiger partial charge in [0.2, 0.25) is 5.69 Å². The first-order valence-electron chi connectivity index (χ1n) is 5.46. The van der Waals surface area contributed by atoms with Gasteiger partial charge in [-0.05, 0) is 12.3 Å². The predicted octanol–water partition coefficient (Wildman–Crippen LogP) is 1.08. The van der Waals surface area contributed by atoms with Gasteiger partial charge < -0.3 is 10.1 Å². The maximum Gasteiger partial charge on any atom is 0.362 e. The number of fused-ring (bicyclic) bond motifs is 1. The van der Waals surface area contributed by atoms with Gasteiger partial charge in [0.25, 0.3) is 0 Å². The highest BCUT2D eigenvalue weighted by atomic mass is 16.5. The molecule has 1 N–H and O–H groups in total. The second kappa shape index (κ2) is 4.11. The first-order valence-corrected chi connectivity index (χ1v) is 5.46. The van der Waals surface area contributed by atoms with Crippen molar-refractivity contribution in [1.29, 1.82) is 0 Å². The summed E-state index contributed by atoms with van der Waals surface area (Å²) < 4.78 is 6.45. The molecule has 0 radical (unpaired) electrons. The molecule has 88 valence electrons. The minimum atomic E-state index is -0.446. The Morgan fingerprint density at radius 1 is 1.69 bits per heavy atom. The third-order valence-electron chi connectivity index (χ3n) is 3.05. The molecule has 2 heterocycles. The first kappa shape index (κ1) is 10.9. The minimum absolute atomic E-state index is 0.271. The fourth-order valence-electron chi connectivity index (χ4n) is 2.13. The Morgan fingerprint density at radius 3 is 3.06 bits per heavy atom. The zero-order valence-corrected chi connectivity index (χ0v) is 9.73. The van der Waals surface area contributed by atoms with Crippen LogP contribution >= 0.6 is 0 Å². The number of nitrogens with zero attached hydrogens (tertiary/aromatic N) is 3. The van der Waals surface area contributed by atoms with Gasteiger partial charge in [-0.25, -0.2) is 9.48 Å². The molecule has 0 aliphatic carbocycles. The van der Waals surface area contributed by atoms with Crippen molar-refractivity contribution in [1.82, 2.24) is 15.0 Å². The summed E-state index contributed by atoms with van der Waals surface area (Å²) in [5.41, 5.74) is 0.271. The van der Waals surface area contributed by atoms with Crippen molar-refractivity contribution in [2.24, 2.45) is 5.92 Å². The largest absolute Gasteiger partial charge is 0.464 e. The quantitative estimate of drug-likeness (QED) is 0.761. The van der Waals surface area contributed by atoms with Gasteiger partial charge in [-0.3, -0.25) is 0 Å². The highest BCUT2D eigenvalue weighted by molar-refractivity contribution is 5.92. The van der Waals surface area contributed by atoms with E-state index in [1.807, 2.05) is 0 Å². The first-order chi connectivity index (χ1) is 7.69. The monoisotopic (exact) mass is 224 g/mol. The fourth-order valence-corrected chi connectivity index (χ4v) is 2.13. The summed E-state index contributed by atoms with van der Waals surface area (Å²) >= 11 is 0. The van der Waals surface area contributed by atoms with Gasteiger partial charge >= 0.3 is 5.97 Å². The summed E-state index contributed by atoms with van der Waals surface area (Å²) in [6.45, 7) is 5.09. The van der Waals surface area contributed by atoms with Crippen LogP contribution in [0.5, 0.6) is 0 Å². The Kier molecular flexibility index (Phi) is 2.80. The van der Waals surface area contributed by atoms with Crippen LogP contribution in [-0.2, 0) is 4.74 Å². The van der Waals surface area contributed by atoms with Crippen molar-refractivity contribution in [3.05, 3.63) is 5.69 Å². The summed E-state index contributed by atoms with van der Waals surface area (Å²) in [4.78, 5) is 11.4. The molecule has 0 fully saturated rings. The molecule has 0 bridgehead atoms. The maximum atomic E-state index is 11.4. The van der Waals surface area contributed by atoms with Gasteiger partial charge in [0.15, 0.2) is 5.82 Å². The van der Waals surface area contributed by atoms with E-state index in [-0.39, 0.29) is 5.69 Å². The molecule has 1 aliphatic heterocycles. The third kappa shape index (κ3) is 1.54. The average Bonchev–Trinajstić information content (AvgIpc) is 2.71. The van der Waals surface area contributed by atoms with Gasteiger partial charge in [0, 0.05) is 6.54 Å². The number of nitrogens with one attached hydrogen (secondary N) is 1. The van der Waals surface area contributed by atoms with Gasteiger partial charge in [0.1, 0.15) is 0 Å². The van der Waals surface area contributed by atoms with Crippen LogP contribution in [0.25, 0.3) is 0 Å². The number of hydrogen-bond donors (Lipinski definition) is 1. The number of carbonyl (C=O) groups is 1. The Bertz CT molecular complexity index is 402. The van der Waals surface area contributed by atoms with Crippen molar-refractivity contribution >= 4 is 11.8 Å². The topological polar surface area (TPSA) is 69.0 Å². The second-order valence-corrected chi connectivity index (χ2v) is 4.06. The van der Waals surface area contributed by atoms with E-state index in [0.29, 0.717) is 17.8 Å². The molecule has 1 aromatic rings. The molecule has 1 aromatic heterocycles. The number of methoxy groups -OCH3 is 1. The molecule has 0 saturated heterocycles. The molecule has 2 atom stereocenters. The zero-order valence-electron chi connectivity index (χ0n) is 9.73. The zero-order chi connectivity index (χ0) is 11.7. The van der Waals surface area contributed by atoms with E-state index < -0.39 is 5.97 Å². The van der Waals surface area contributed by atoms with Crippen molar-refractivity contribution in [3.8, 4) is 0 Å². The maximum absolute atomic E-state index is 11.4. The Labute approximate surface area is 94.0 Å². The van der Waals surface area contributed by atoms with Crippen molar-refractivity contribution in [3.63, 3.8) is 0 Å². The number of esters is 1. The Hall–Kier alpha value is -1.59. The molecule has 0 spiro atoms. The van der Waals surface area contributed by atoms with Crippen LogP contribution < -0.4 is 5.32 Å². The van der Waals surface area contributed by atoms with Gasteiger partial charge in [-0.15, -0.1) is 5.10 Å². The summed E-state index contributed by atoms with van der Waals surface area (Å²) in [6, 6.07) is 0.294. The molecule has 6 nitrogen and oxygen atoms in total. The van der Waals surface area contributed by atoms with E-state index in [1.54, 1.807) is 4.68 Å². The second-order valence-electron chi connectivity index (χ2n) is 4.06. The predicted molar refractivity (Wildman–Crippen MR) is 58.3 cm³/mol. The molecule has 0 saturated carbocycles. The SMILES string of the molecule is CCC1C(C)CNc2c(C(=O)OC)nnn21. The number of hydrogen-bond acceptors (Lipinski definition) is 5. The Balaban J connectivity index is 2.39. The van der Waals surface area contributed by atoms with Gasteiger partial charge in [-0.1, -0.05) is 19.1 Å². The normalized spacial score (nSPS) is 23.4. The van der Waals surface area contributed by atoms with Gasteiger partial charge in [0.05, 0.1) is 13.2 Å². The van der Waals surface area contributed by atoms with E-state index in [2.05, 4.69) is 34.2 Å². The summed E-state index contributed by atoms with van der Waals surface area (Å²) in [5, 5.41) is 11.1. The van der Waals surface area contributed by atoms with Crippen LogP contribution in [0.3, 0.4) is 0 Å². The van der Waals surface area contributed by atoms with Crippen molar-refractivity contribution < 1.29 is 9.53 Å². The summed E-state index contributed by atoms with van der Waals surface area (Å²) in [7, 11) is 1.34. The summed E-state index contributed by atoms with van der Waals surface area (Å²) in [5.74, 6) is 0.708. The van der Waals surface area contributed by atoms with Crippen molar-refractivity contribution in [2.45, 2.75) is 26.3 Å². The van der Waals surface area contributed by atoms with Crippen LogP contribution in [0.1, 0.15) is 36.8 Å². The number of carbonyl (C=O) groups excluding carboxylic acids is 1. The number of aromatic nitrogens is 3. The number of ether oxygens (including phenoxy) is 1. The van der Waals surface area contributed by atoms with E-state index in [0.717, 1.165) is 13.0 Å². The molecular weight excluding hydrogens is 208 g/mol. The van der Waals surface area contributed by atoms with E-state index in [1.165, 1.54) is 7.11 Å². The smallest absolute Gasteiger partial charge is 0.362 e. The van der Waals surface area contributed by atoms with E-state index >= 15 is 0 Å². The van der Waals surface area contributed by atoms with E-state index in [9.17, 15) is 4.79 Å². The fraction of sp³-hybridized carbons (Fsp3) is 0.700. The molecule has 0 aromatic carbocycles. The number of rotatable bonds is 2. The van der Waals surface area contributed by atoms with Crippen LogP contribution in [0.2, 0.25) is 0 Å². The van der Waals surface area contributed by atoms with Crippen molar-refractivity contribution in [2.75, 3.05) is 19.0 Å². The van der Waals surface area contributed by atoms with Crippen LogP contribution in [0.15, 0.2) is 0 Å². The molecular formula is C10H16N4O2. The highest BCUT2D eigenvalue weighted by Gasteiger charge is 2.30. The lowest BCUT2D eigenvalue weighted by atomic mass is 9.98. The van der Waals surface area contributed by atoms with Crippen LogP contribution in [0, 0.1) is 5.92 Å². The standard InChI is InChI=1S/C10H16N4O2/c1-4-7-6(2)5-11-9-8(10(15)16-3)12-13-14(7)9/h6-7,11H,4-5H2,1-3H3. The minimum Gasteiger partial charge on any atom is -0.464 e. The summed E-state index contributed by atoms with van der Waals surface area (Å²) in [6.07, 6.45) is 0.972. The van der Waals surface area contributed by atoms with E-state index in [4.69, 9.17) is 0 Å².